The maximum Gasteiger partial charge on any atom is 0.312 e. The van der Waals surface area contributed by atoms with Crippen LogP contribution in [0, 0.1) is 5.92 Å². The number of hydrogen-bond acceptors (Lipinski definition) is 3. The molecule has 2 aliphatic heterocycles. The highest BCUT2D eigenvalue weighted by Crippen LogP contribution is 2.19. The third-order valence-corrected chi connectivity index (χ3v) is 3.97. The van der Waals surface area contributed by atoms with Crippen LogP contribution < -0.4 is 5.32 Å². The molecule has 2 rings (SSSR count). The van der Waals surface area contributed by atoms with E-state index in [0.29, 0.717) is 19.0 Å². The van der Waals surface area contributed by atoms with E-state index in [4.69, 9.17) is 0 Å². The topological polar surface area (TPSA) is 52.7 Å². The normalized spacial score (nSPS) is 25.1. The highest BCUT2D eigenvalue weighted by atomic mass is 16.2. The van der Waals surface area contributed by atoms with Crippen LogP contribution in [0.1, 0.15) is 26.2 Å². The molecule has 0 aromatic heterocycles. The zero-order valence-electron chi connectivity index (χ0n) is 11.2. The number of rotatable bonds is 1. The Hall–Kier alpha value is -1.10. The maximum absolute atomic E-state index is 12.2. The molecule has 0 aromatic carbocycles. The van der Waals surface area contributed by atoms with Crippen molar-refractivity contribution in [3.8, 4) is 0 Å². The van der Waals surface area contributed by atoms with Crippen LogP contribution in [0.4, 0.5) is 0 Å². The summed E-state index contributed by atoms with van der Waals surface area (Å²) in [6, 6.07) is 0. The number of likely N-dealkylation sites (tertiary alicyclic amines) is 1. The van der Waals surface area contributed by atoms with Gasteiger partial charge in [-0.05, 0) is 18.8 Å². The van der Waals surface area contributed by atoms with E-state index in [1.54, 1.807) is 9.80 Å². The minimum Gasteiger partial charge on any atom is -0.334 e. The van der Waals surface area contributed by atoms with E-state index < -0.39 is 0 Å². The van der Waals surface area contributed by atoms with Crippen molar-refractivity contribution < 1.29 is 9.59 Å². The standard InChI is InChI=1S/C13H23N3O2/c1-2-11-4-3-7-16(10-11)13(18)12(17)15-8-5-14-6-9-15/h11,14H,2-10H2,1H3. The summed E-state index contributed by atoms with van der Waals surface area (Å²) >= 11 is 0. The number of carbonyl (C=O) groups is 2. The Morgan fingerprint density at radius 3 is 2.44 bits per heavy atom. The van der Waals surface area contributed by atoms with E-state index in [-0.39, 0.29) is 11.8 Å². The number of carbonyl (C=O) groups excluding carboxylic acids is 2. The van der Waals surface area contributed by atoms with Crippen molar-refractivity contribution in [2.45, 2.75) is 26.2 Å². The minimum atomic E-state index is -0.312. The van der Waals surface area contributed by atoms with E-state index in [2.05, 4.69) is 12.2 Å². The zero-order valence-corrected chi connectivity index (χ0v) is 11.2. The van der Waals surface area contributed by atoms with E-state index in [1.165, 1.54) is 6.42 Å². The first-order chi connectivity index (χ1) is 8.72. The number of nitrogens with one attached hydrogen (secondary N) is 1. The van der Waals surface area contributed by atoms with Crippen LogP contribution in [0.2, 0.25) is 0 Å². The smallest absolute Gasteiger partial charge is 0.312 e. The summed E-state index contributed by atoms with van der Waals surface area (Å²) in [5.41, 5.74) is 0. The monoisotopic (exact) mass is 253 g/mol. The fraction of sp³-hybridized carbons (Fsp3) is 0.846. The van der Waals surface area contributed by atoms with Crippen LogP contribution in [-0.4, -0.2) is 60.9 Å². The Kier molecular flexibility index (Phi) is 4.58. The maximum atomic E-state index is 12.2. The summed E-state index contributed by atoms with van der Waals surface area (Å²) in [5.74, 6) is -0.0400. The summed E-state index contributed by atoms with van der Waals surface area (Å²) in [6.45, 7) is 6.52. The Balaban J connectivity index is 1.91. The van der Waals surface area contributed by atoms with Crippen molar-refractivity contribution in [3.63, 3.8) is 0 Å². The van der Waals surface area contributed by atoms with Crippen LogP contribution in [0.3, 0.4) is 0 Å². The number of piperazine rings is 1. The molecule has 5 heteroatoms. The minimum absolute atomic E-state index is 0.296. The largest absolute Gasteiger partial charge is 0.334 e. The number of amides is 2. The van der Waals surface area contributed by atoms with Gasteiger partial charge in [0.05, 0.1) is 0 Å². The Bertz CT molecular complexity index is 313. The fourth-order valence-corrected chi connectivity index (χ4v) is 2.72. The van der Waals surface area contributed by atoms with Gasteiger partial charge in [-0.2, -0.15) is 0 Å². The average molecular weight is 253 g/mol. The lowest BCUT2D eigenvalue weighted by atomic mass is 9.95. The zero-order chi connectivity index (χ0) is 13.0. The highest BCUT2D eigenvalue weighted by Gasteiger charge is 2.30. The molecule has 1 N–H and O–H groups in total. The predicted molar refractivity (Wildman–Crippen MR) is 69.0 cm³/mol. The van der Waals surface area contributed by atoms with E-state index in [1.807, 2.05) is 0 Å². The lowest BCUT2D eigenvalue weighted by molar-refractivity contribution is -0.153. The van der Waals surface area contributed by atoms with E-state index >= 15 is 0 Å². The molecule has 102 valence electrons. The molecule has 2 aliphatic rings. The summed E-state index contributed by atoms with van der Waals surface area (Å²) in [4.78, 5) is 27.7. The molecule has 2 heterocycles. The van der Waals surface area contributed by atoms with Crippen LogP contribution in [0.25, 0.3) is 0 Å². The van der Waals surface area contributed by atoms with Crippen molar-refractivity contribution in [1.82, 2.24) is 15.1 Å². The molecule has 1 atom stereocenters. The fourth-order valence-electron chi connectivity index (χ4n) is 2.72. The molecular weight excluding hydrogens is 230 g/mol. The van der Waals surface area contributed by atoms with Crippen LogP contribution in [0.5, 0.6) is 0 Å². The van der Waals surface area contributed by atoms with Gasteiger partial charge in [-0.3, -0.25) is 9.59 Å². The second kappa shape index (κ2) is 6.18. The van der Waals surface area contributed by atoms with Crippen molar-refractivity contribution in [2.75, 3.05) is 39.3 Å². The lowest BCUT2D eigenvalue weighted by Gasteiger charge is -2.34. The molecule has 0 radical (unpaired) electrons. The molecule has 5 nitrogen and oxygen atoms in total. The summed E-state index contributed by atoms with van der Waals surface area (Å²) < 4.78 is 0. The van der Waals surface area contributed by atoms with Gasteiger partial charge >= 0.3 is 11.8 Å². The molecule has 0 aromatic rings. The SMILES string of the molecule is CCC1CCCN(C(=O)C(=O)N2CCNCC2)C1. The molecule has 2 fully saturated rings. The quantitative estimate of drug-likeness (QED) is 0.673. The van der Waals surface area contributed by atoms with Gasteiger partial charge in [0.25, 0.3) is 0 Å². The third-order valence-electron chi connectivity index (χ3n) is 3.97. The first-order valence-electron chi connectivity index (χ1n) is 7.01. The summed E-state index contributed by atoms with van der Waals surface area (Å²) in [7, 11) is 0. The first kappa shape index (κ1) is 13.3. The number of hydrogen-bond donors (Lipinski definition) is 1. The molecular formula is C13H23N3O2. The molecule has 0 spiro atoms. The summed E-state index contributed by atoms with van der Waals surface area (Å²) in [6.07, 6.45) is 3.30. The number of nitrogens with zero attached hydrogens (tertiary/aromatic N) is 2. The van der Waals surface area contributed by atoms with Crippen LogP contribution in [-0.2, 0) is 9.59 Å². The molecule has 2 amide bonds. The highest BCUT2D eigenvalue weighted by molar-refractivity contribution is 6.34. The van der Waals surface area contributed by atoms with Crippen LogP contribution >= 0.6 is 0 Å². The van der Waals surface area contributed by atoms with Crippen molar-refractivity contribution in [2.24, 2.45) is 5.92 Å². The first-order valence-corrected chi connectivity index (χ1v) is 7.01. The molecule has 1 unspecified atom stereocenters. The van der Waals surface area contributed by atoms with Crippen molar-refractivity contribution in [1.29, 1.82) is 0 Å². The predicted octanol–water partition coefficient (Wildman–Crippen LogP) is 0.0668. The average Bonchev–Trinajstić information content (AvgIpc) is 2.46. The molecule has 0 aliphatic carbocycles. The Morgan fingerprint density at radius 2 is 1.78 bits per heavy atom. The van der Waals surface area contributed by atoms with Crippen LogP contribution in [0.15, 0.2) is 0 Å². The Labute approximate surface area is 108 Å². The second-order valence-electron chi connectivity index (χ2n) is 5.21. The van der Waals surface area contributed by atoms with Gasteiger partial charge < -0.3 is 15.1 Å². The number of piperidine rings is 1. The lowest BCUT2D eigenvalue weighted by Crippen LogP contribution is -2.53. The van der Waals surface area contributed by atoms with Crippen molar-refractivity contribution in [3.05, 3.63) is 0 Å². The molecule has 2 saturated heterocycles. The van der Waals surface area contributed by atoms with Gasteiger partial charge in [-0.25, -0.2) is 0 Å². The van der Waals surface area contributed by atoms with E-state index in [0.717, 1.165) is 39.0 Å². The summed E-state index contributed by atoms with van der Waals surface area (Å²) in [5, 5.41) is 3.19. The molecule has 18 heavy (non-hydrogen) atoms. The van der Waals surface area contributed by atoms with Gasteiger partial charge in [0.1, 0.15) is 0 Å². The second-order valence-corrected chi connectivity index (χ2v) is 5.21. The van der Waals surface area contributed by atoms with Gasteiger partial charge in [0.2, 0.25) is 0 Å². The Morgan fingerprint density at radius 1 is 1.11 bits per heavy atom. The van der Waals surface area contributed by atoms with Gasteiger partial charge in [0.15, 0.2) is 0 Å². The van der Waals surface area contributed by atoms with Gasteiger partial charge in [-0.15, -0.1) is 0 Å². The molecule has 0 bridgehead atoms. The van der Waals surface area contributed by atoms with Gasteiger partial charge in [-0.1, -0.05) is 13.3 Å². The van der Waals surface area contributed by atoms with Gasteiger partial charge in [0, 0.05) is 39.3 Å². The molecule has 0 saturated carbocycles. The van der Waals surface area contributed by atoms with Crippen molar-refractivity contribution >= 4 is 11.8 Å². The van der Waals surface area contributed by atoms with E-state index in [9.17, 15) is 9.59 Å². The third kappa shape index (κ3) is 3.02.